The van der Waals surface area contributed by atoms with Crippen molar-refractivity contribution in [2.45, 2.75) is 0 Å². The van der Waals surface area contributed by atoms with E-state index in [1.54, 1.807) is 12.3 Å². The number of benzene rings is 1. The number of fused-ring (bicyclic) bond motifs is 2. The van der Waals surface area contributed by atoms with E-state index in [4.69, 9.17) is 5.73 Å². The molecule has 3 aromatic heterocycles. The molecule has 3 N–H and O–H groups in total. The number of hydrogen-bond donors (Lipinski definition) is 2. The van der Waals surface area contributed by atoms with Crippen LogP contribution in [-0.2, 0) is 0 Å². The molecule has 0 saturated carbocycles. The van der Waals surface area contributed by atoms with Crippen LogP contribution in [0.3, 0.4) is 0 Å². The van der Waals surface area contributed by atoms with Crippen LogP contribution in [0.4, 0.5) is 5.82 Å². The van der Waals surface area contributed by atoms with Crippen LogP contribution in [0.15, 0.2) is 48.7 Å². The van der Waals surface area contributed by atoms with E-state index < -0.39 is 0 Å². The van der Waals surface area contributed by atoms with E-state index in [2.05, 4.69) is 26.0 Å². The topological polar surface area (TPSA) is 80.5 Å². The molecule has 5 nitrogen and oxygen atoms in total. The smallest absolute Gasteiger partial charge is 0.180 e. The number of nitrogens with one attached hydrogen (secondary N) is 1. The van der Waals surface area contributed by atoms with Gasteiger partial charge in [0, 0.05) is 17.1 Å². The lowest BCUT2D eigenvalue weighted by molar-refractivity contribution is 1.30. The van der Waals surface area contributed by atoms with Gasteiger partial charge in [0.05, 0.1) is 11.0 Å². The molecule has 96 valence electrons. The van der Waals surface area contributed by atoms with E-state index in [1.807, 2.05) is 30.3 Å². The summed E-state index contributed by atoms with van der Waals surface area (Å²) >= 11 is 0. The van der Waals surface area contributed by atoms with Gasteiger partial charge >= 0.3 is 0 Å². The zero-order valence-electron chi connectivity index (χ0n) is 10.5. The summed E-state index contributed by atoms with van der Waals surface area (Å²) in [4.78, 5) is 16.3. The summed E-state index contributed by atoms with van der Waals surface area (Å²) in [5.74, 6) is 1.25. The highest BCUT2D eigenvalue weighted by Gasteiger charge is 2.07. The van der Waals surface area contributed by atoms with Gasteiger partial charge in [0.15, 0.2) is 5.65 Å². The summed E-state index contributed by atoms with van der Waals surface area (Å²) < 4.78 is 0. The predicted octanol–water partition coefficient (Wildman–Crippen LogP) is 2.76. The molecule has 0 aliphatic heterocycles. The molecule has 0 amide bonds. The van der Waals surface area contributed by atoms with E-state index >= 15 is 0 Å². The highest BCUT2D eigenvalue weighted by atomic mass is 15.0. The van der Waals surface area contributed by atoms with Crippen molar-refractivity contribution in [2.24, 2.45) is 0 Å². The van der Waals surface area contributed by atoms with Crippen molar-refractivity contribution in [1.29, 1.82) is 0 Å². The lowest BCUT2D eigenvalue weighted by atomic mass is 10.1. The summed E-state index contributed by atoms with van der Waals surface area (Å²) in [6, 6.07) is 13.6. The molecule has 0 aliphatic rings. The van der Waals surface area contributed by atoms with E-state index in [0.29, 0.717) is 11.5 Å². The second-order valence-corrected chi connectivity index (χ2v) is 4.60. The lowest BCUT2D eigenvalue weighted by Crippen LogP contribution is -1.88. The van der Waals surface area contributed by atoms with Crippen LogP contribution in [0.1, 0.15) is 0 Å². The Labute approximate surface area is 114 Å². The fourth-order valence-electron chi connectivity index (χ4n) is 2.27. The molecule has 3 heterocycles. The fraction of sp³-hybridized carbons (Fsp3) is 0. The summed E-state index contributed by atoms with van der Waals surface area (Å²) in [5.41, 5.74) is 9.15. The first-order chi connectivity index (χ1) is 9.79. The van der Waals surface area contributed by atoms with Gasteiger partial charge in [-0.15, -0.1) is 0 Å². The van der Waals surface area contributed by atoms with E-state index in [0.717, 1.165) is 27.8 Å². The third-order valence-electron chi connectivity index (χ3n) is 3.24. The molecule has 0 atom stereocenters. The molecular weight excluding hydrogens is 250 g/mol. The zero-order valence-corrected chi connectivity index (χ0v) is 10.5. The number of pyridine rings is 2. The maximum absolute atomic E-state index is 5.67. The molecule has 4 aromatic rings. The standard InChI is InChI=1S/C15H11N5/c16-13-6-5-12-15(19-13)20-14(18-12)10-3-4-11-9(8-10)2-1-7-17-11/h1-8H,(H3,16,18,19,20). The number of imidazole rings is 1. The number of nitrogens with two attached hydrogens (primary N) is 1. The van der Waals surface area contributed by atoms with Crippen LogP contribution in [0.5, 0.6) is 0 Å². The SMILES string of the molecule is Nc1ccc2[nH]c(-c3ccc4ncccc4c3)nc2n1. The van der Waals surface area contributed by atoms with Gasteiger partial charge in [-0.1, -0.05) is 6.07 Å². The summed E-state index contributed by atoms with van der Waals surface area (Å²) in [7, 11) is 0. The quantitative estimate of drug-likeness (QED) is 0.552. The number of H-pyrrole nitrogens is 1. The molecule has 4 rings (SSSR count). The van der Waals surface area contributed by atoms with Crippen LogP contribution in [0.25, 0.3) is 33.5 Å². The normalized spacial score (nSPS) is 11.2. The Morgan fingerprint density at radius 3 is 2.90 bits per heavy atom. The van der Waals surface area contributed by atoms with Gasteiger partial charge in [-0.3, -0.25) is 4.98 Å². The molecule has 0 unspecified atom stereocenters. The Bertz CT molecular complexity index is 926. The molecule has 20 heavy (non-hydrogen) atoms. The number of aromatic nitrogens is 4. The van der Waals surface area contributed by atoms with E-state index in [-0.39, 0.29) is 0 Å². The minimum absolute atomic E-state index is 0.471. The molecule has 1 aromatic carbocycles. The molecule has 0 saturated heterocycles. The number of nitrogens with zero attached hydrogens (tertiary/aromatic N) is 3. The van der Waals surface area contributed by atoms with Crippen LogP contribution in [0.2, 0.25) is 0 Å². The summed E-state index contributed by atoms with van der Waals surface area (Å²) in [6.07, 6.45) is 1.79. The van der Waals surface area contributed by atoms with Gasteiger partial charge in [0.1, 0.15) is 11.6 Å². The monoisotopic (exact) mass is 261 g/mol. The second-order valence-electron chi connectivity index (χ2n) is 4.60. The number of nitrogen functional groups attached to an aromatic ring is 1. The highest BCUT2D eigenvalue weighted by Crippen LogP contribution is 2.23. The van der Waals surface area contributed by atoms with Crippen LogP contribution in [-0.4, -0.2) is 19.9 Å². The van der Waals surface area contributed by atoms with Gasteiger partial charge in [0.2, 0.25) is 0 Å². The Hall–Kier alpha value is -2.95. The second kappa shape index (κ2) is 4.03. The Kier molecular flexibility index (Phi) is 2.20. The third kappa shape index (κ3) is 1.68. The number of aromatic amines is 1. The Morgan fingerprint density at radius 1 is 1.00 bits per heavy atom. The molecule has 0 fully saturated rings. The fourth-order valence-corrected chi connectivity index (χ4v) is 2.27. The van der Waals surface area contributed by atoms with Gasteiger partial charge < -0.3 is 10.7 Å². The van der Waals surface area contributed by atoms with Crippen molar-refractivity contribution in [2.75, 3.05) is 5.73 Å². The average Bonchev–Trinajstić information content (AvgIpc) is 2.89. The Balaban J connectivity index is 1.91. The molecule has 0 spiro atoms. The van der Waals surface area contributed by atoms with Crippen molar-refractivity contribution in [3.8, 4) is 11.4 Å². The largest absolute Gasteiger partial charge is 0.384 e. The van der Waals surface area contributed by atoms with Crippen molar-refractivity contribution in [3.63, 3.8) is 0 Å². The molecule has 0 bridgehead atoms. The first-order valence-corrected chi connectivity index (χ1v) is 6.27. The molecule has 5 heteroatoms. The van der Waals surface area contributed by atoms with Gasteiger partial charge in [-0.25, -0.2) is 9.97 Å². The maximum Gasteiger partial charge on any atom is 0.180 e. The summed E-state index contributed by atoms with van der Waals surface area (Å²) in [5, 5.41) is 1.08. The number of hydrogen-bond acceptors (Lipinski definition) is 4. The molecular formula is C15H11N5. The summed E-state index contributed by atoms with van der Waals surface area (Å²) in [6.45, 7) is 0. The maximum atomic E-state index is 5.67. The minimum Gasteiger partial charge on any atom is -0.384 e. The lowest BCUT2D eigenvalue weighted by Gasteiger charge is -1.99. The molecule has 0 aliphatic carbocycles. The Morgan fingerprint density at radius 2 is 1.95 bits per heavy atom. The van der Waals surface area contributed by atoms with Crippen molar-refractivity contribution in [1.82, 2.24) is 19.9 Å². The van der Waals surface area contributed by atoms with Gasteiger partial charge in [-0.05, 0) is 36.4 Å². The average molecular weight is 261 g/mol. The molecule has 0 radical (unpaired) electrons. The highest BCUT2D eigenvalue weighted by molar-refractivity contribution is 5.85. The number of anilines is 1. The van der Waals surface area contributed by atoms with Crippen LogP contribution in [0, 0.1) is 0 Å². The zero-order chi connectivity index (χ0) is 13.5. The van der Waals surface area contributed by atoms with Crippen LogP contribution < -0.4 is 5.73 Å². The number of rotatable bonds is 1. The van der Waals surface area contributed by atoms with Crippen LogP contribution >= 0.6 is 0 Å². The first-order valence-electron chi connectivity index (χ1n) is 6.27. The van der Waals surface area contributed by atoms with Gasteiger partial charge in [0.25, 0.3) is 0 Å². The van der Waals surface area contributed by atoms with E-state index in [9.17, 15) is 0 Å². The van der Waals surface area contributed by atoms with Gasteiger partial charge in [-0.2, -0.15) is 0 Å². The minimum atomic E-state index is 0.471. The van der Waals surface area contributed by atoms with Crippen molar-refractivity contribution >= 4 is 27.9 Å². The van der Waals surface area contributed by atoms with E-state index in [1.165, 1.54) is 0 Å². The van der Waals surface area contributed by atoms with Crippen molar-refractivity contribution in [3.05, 3.63) is 48.7 Å². The predicted molar refractivity (Wildman–Crippen MR) is 79.0 cm³/mol. The first kappa shape index (κ1) is 10.9. The van der Waals surface area contributed by atoms with Crippen molar-refractivity contribution < 1.29 is 0 Å². The third-order valence-corrected chi connectivity index (χ3v) is 3.24.